The highest BCUT2D eigenvalue weighted by atomic mass is 35.5. The molecule has 0 amide bonds. The van der Waals surface area contributed by atoms with Gasteiger partial charge in [0.2, 0.25) is 5.43 Å². The summed E-state index contributed by atoms with van der Waals surface area (Å²) in [5.74, 6) is -0.723. The number of rotatable bonds is 1. The van der Waals surface area contributed by atoms with Gasteiger partial charge in [0.1, 0.15) is 17.7 Å². The molecule has 0 aliphatic carbocycles. The Kier molecular flexibility index (Phi) is 2.28. The van der Waals surface area contributed by atoms with E-state index in [1.807, 2.05) is 0 Å². The lowest BCUT2D eigenvalue weighted by atomic mass is 10.2. The molecule has 0 fully saturated rings. The van der Waals surface area contributed by atoms with Crippen LogP contribution >= 0.6 is 11.6 Å². The van der Waals surface area contributed by atoms with Crippen molar-refractivity contribution in [2.24, 2.45) is 0 Å². The summed E-state index contributed by atoms with van der Waals surface area (Å²) >= 11 is 5.51. The van der Waals surface area contributed by atoms with Crippen molar-refractivity contribution in [3.63, 3.8) is 0 Å². The van der Waals surface area contributed by atoms with Gasteiger partial charge in [0.25, 0.3) is 0 Å². The largest absolute Gasteiger partial charge is 0.463 e. The van der Waals surface area contributed by atoms with Gasteiger partial charge in [-0.1, -0.05) is 11.6 Å². The lowest BCUT2D eigenvalue weighted by Crippen LogP contribution is -2.07. The third-order valence-corrected chi connectivity index (χ3v) is 2.26. The molecule has 0 saturated carbocycles. The van der Waals surface area contributed by atoms with E-state index in [0.717, 1.165) is 12.3 Å². The van der Waals surface area contributed by atoms with E-state index in [9.17, 15) is 14.0 Å². The van der Waals surface area contributed by atoms with Crippen molar-refractivity contribution in [2.75, 3.05) is 0 Å². The van der Waals surface area contributed by atoms with Crippen molar-refractivity contribution in [1.82, 2.24) is 0 Å². The van der Waals surface area contributed by atoms with E-state index in [4.69, 9.17) is 16.0 Å². The van der Waals surface area contributed by atoms with Gasteiger partial charge < -0.3 is 4.42 Å². The molecule has 0 radical (unpaired) electrons. The molecule has 0 N–H and O–H groups in total. The molecule has 0 unspecified atom stereocenters. The molecule has 1 aromatic carbocycles. The first-order valence-corrected chi connectivity index (χ1v) is 4.37. The Balaban J connectivity index is 2.94. The smallest absolute Gasteiger partial charge is 0.203 e. The van der Waals surface area contributed by atoms with Gasteiger partial charge >= 0.3 is 0 Å². The van der Waals surface area contributed by atoms with Crippen LogP contribution < -0.4 is 5.43 Å². The van der Waals surface area contributed by atoms with Gasteiger partial charge in [0.05, 0.1) is 16.0 Å². The van der Waals surface area contributed by atoms with E-state index in [1.165, 1.54) is 6.07 Å². The van der Waals surface area contributed by atoms with Crippen LogP contribution in [0.4, 0.5) is 4.39 Å². The molecule has 5 heteroatoms. The van der Waals surface area contributed by atoms with Crippen LogP contribution in [0.3, 0.4) is 0 Å². The highest BCUT2D eigenvalue weighted by Gasteiger charge is 2.09. The fourth-order valence-corrected chi connectivity index (χ4v) is 1.37. The van der Waals surface area contributed by atoms with Crippen LogP contribution in [-0.4, -0.2) is 6.29 Å². The number of hydrogen-bond donors (Lipinski definition) is 0. The molecule has 0 aliphatic rings. The van der Waals surface area contributed by atoms with E-state index >= 15 is 0 Å². The molecule has 0 aliphatic heterocycles. The summed E-state index contributed by atoms with van der Waals surface area (Å²) in [5.41, 5.74) is -0.567. The predicted molar refractivity (Wildman–Crippen MR) is 52.8 cm³/mol. The third kappa shape index (κ3) is 1.53. The first-order chi connectivity index (χ1) is 7.13. The molecule has 3 nitrogen and oxygen atoms in total. The Bertz CT molecular complexity index is 603. The molecule has 76 valence electrons. The Morgan fingerprint density at radius 3 is 2.80 bits per heavy atom. The van der Waals surface area contributed by atoms with E-state index in [1.54, 1.807) is 0 Å². The van der Waals surface area contributed by atoms with Crippen LogP contribution in [-0.2, 0) is 0 Å². The van der Waals surface area contributed by atoms with Crippen molar-refractivity contribution >= 4 is 28.9 Å². The molecule has 15 heavy (non-hydrogen) atoms. The van der Waals surface area contributed by atoms with Gasteiger partial charge in [-0.05, 0) is 6.07 Å². The molecule has 2 aromatic rings. The lowest BCUT2D eigenvalue weighted by Gasteiger charge is -1.99. The lowest BCUT2D eigenvalue weighted by molar-refractivity contribution is 0.112. The second kappa shape index (κ2) is 3.47. The van der Waals surface area contributed by atoms with Crippen LogP contribution in [0.5, 0.6) is 0 Å². The summed E-state index contributed by atoms with van der Waals surface area (Å²) in [6.45, 7) is 0. The average Bonchev–Trinajstić information content (AvgIpc) is 2.22. The monoisotopic (exact) mass is 226 g/mol. The first kappa shape index (κ1) is 9.86. The summed E-state index contributed by atoms with van der Waals surface area (Å²) in [7, 11) is 0. The molecular formula is C10H4ClFO3. The Morgan fingerprint density at radius 2 is 2.13 bits per heavy atom. The van der Waals surface area contributed by atoms with Gasteiger partial charge in [0, 0.05) is 6.07 Å². The van der Waals surface area contributed by atoms with Crippen molar-refractivity contribution in [1.29, 1.82) is 0 Å². The maximum absolute atomic E-state index is 13.1. The predicted octanol–water partition coefficient (Wildman–Crippen LogP) is 2.40. The van der Waals surface area contributed by atoms with Gasteiger partial charge in [-0.25, -0.2) is 4.39 Å². The molecular weight excluding hydrogens is 223 g/mol. The molecule has 0 bridgehead atoms. The molecule has 1 aromatic heterocycles. The minimum absolute atomic E-state index is 0.00139. The van der Waals surface area contributed by atoms with Crippen molar-refractivity contribution in [3.8, 4) is 0 Å². The Labute approximate surface area is 88.1 Å². The number of carbonyl (C=O) groups is 1. The summed E-state index contributed by atoms with van der Waals surface area (Å²) in [5, 5.41) is -0.133. The number of halogens is 2. The second-order valence-corrected chi connectivity index (χ2v) is 3.31. The Hall–Kier alpha value is -1.68. The van der Waals surface area contributed by atoms with Gasteiger partial charge in [-0.15, -0.1) is 0 Å². The van der Waals surface area contributed by atoms with Crippen LogP contribution in [0.25, 0.3) is 11.0 Å². The third-order valence-electron chi connectivity index (χ3n) is 1.97. The van der Waals surface area contributed by atoms with Crippen LogP contribution in [0, 0.1) is 5.82 Å². The highest BCUT2D eigenvalue weighted by molar-refractivity contribution is 6.31. The van der Waals surface area contributed by atoms with Gasteiger partial charge in [-0.2, -0.15) is 0 Å². The Morgan fingerprint density at radius 1 is 1.40 bits per heavy atom. The molecule has 0 saturated heterocycles. The molecule has 1 heterocycles. The SMILES string of the molecule is O=Cc1coc2cc(Cl)c(F)cc2c1=O. The topological polar surface area (TPSA) is 47.3 Å². The number of benzene rings is 1. The number of fused-ring (bicyclic) bond motifs is 1. The van der Waals surface area contributed by atoms with Crippen molar-refractivity contribution in [2.45, 2.75) is 0 Å². The maximum Gasteiger partial charge on any atom is 0.203 e. The van der Waals surface area contributed by atoms with E-state index < -0.39 is 11.2 Å². The molecule has 0 spiro atoms. The molecule has 0 atom stereocenters. The molecule has 2 rings (SSSR count). The summed E-state index contributed by atoms with van der Waals surface area (Å²) < 4.78 is 18.0. The minimum Gasteiger partial charge on any atom is -0.463 e. The van der Waals surface area contributed by atoms with Crippen molar-refractivity contribution < 1.29 is 13.6 Å². The van der Waals surface area contributed by atoms with Gasteiger partial charge in [0.15, 0.2) is 6.29 Å². The van der Waals surface area contributed by atoms with E-state index in [0.29, 0.717) is 6.29 Å². The van der Waals surface area contributed by atoms with Gasteiger partial charge in [-0.3, -0.25) is 9.59 Å². The fraction of sp³-hybridized carbons (Fsp3) is 0. The number of hydrogen-bond acceptors (Lipinski definition) is 3. The average molecular weight is 227 g/mol. The number of carbonyl (C=O) groups excluding carboxylic acids is 1. The normalized spacial score (nSPS) is 10.5. The van der Waals surface area contributed by atoms with Crippen molar-refractivity contribution in [3.05, 3.63) is 45.0 Å². The summed E-state index contributed by atoms with van der Waals surface area (Å²) in [6, 6.07) is 2.15. The first-order valence-electron chi connectivity index (χ1n) is 3.99. The fourth-order valence-electron chi connectivity index (χ4n) is 1.22. The zero-order valence-electron chi connectivity index (χ0n) is 7.29. The zero-order chi connectivity index (χ0) is 11.0. The maximum atomic E-state index is 13.1. The minimum atomic E-state index is -0.723. The van der Waals surface area contributed by atoms with E-state index in [-0.39, 0.29) is 21.6 Å². The second-order valence-electron chi connectivity index (χ2n) is 2.90. The summed E-state index contributed by atoms with van der Waals surface area (Å²) in [6.07, 6.45) is 1.38. The van der Waals surface area contributed by atoms with Crippen LogP contribution in [0.15, 0.2) is 27.6 Å². The highest BCUT2D eigenvalue weighted by Crippen LogP contribution is 2.20. The standard InChI is InChI=1S/C10H4ClFO3/c11-7-2-9-6(1-8(7)12)10(14)5(3-13)4-15-9/h1-4H. The van der Waals surface area contributed by atoms with Crippen LogP contribution in [0.2, 0.25) is 5.02 Å². The van der Waals surface area contributed by atoms with Crippen LogP contribution in [0.1, 0.15) is 10.4 Å². The number of aldehydes is 1. The van der Waals surface area contributed by atoms with E-state index in [2.05, 4.69) is 0 Å². The quantitative estimate of drug-likeness (QED) is 0.702. The summed E-state index contributed by atoms with van der Waals surface area (Å²) in [4.78, 5) is 22.0. The zero-order valence-corrected chi connectivity index (χ0v) is 8.05.